The van der Waals surface area contributed by atoms with Gasteiger partial charge >= 0.3 is 0 Å². The second kappa shape index (κ2) is 3.20. The number of halogens is 3. The quantitative estimate of drug-likeness (QED) is 0.670. The van der Waals surface area contributed by atoms with E-state index in [-0.39, 0.29) is 11.4 Å². The van der Waals surface area contributed by atoms with E-state index in [1.54, 1.807) is 7.05 Å². The van der Waals surface area contributed by atoms with Gasteiger partial charge in [-0.15, -0.1) is 11.6 Å². The third-order valence-electron chi connectivity index (χ3n) is 2.14. The first-order chi connectivity index (χ1) is 6.65. The van der Waals surface area contributed by atoms with E-state index in [0.29, 0.717) is 11.3 Å². The molecule has 0 amide bonds. The third-order valence-corrected chi connectivity index (χ3v) is 2.38. The molecule has 1 aromatic heterocycles. The maximum absolute atomic E-state index is 13.3. The Balaban J connectivity index is 2.87. The van der Waals surface area contributed by atoms with E-state index in [1.165, 1.54) is 10.6 Å². The van der Waals surface area contributed by atoms with Gasteiger partial charge in [0.2, 0.25) is 0 Å². The van der Waals surface area contributed by atoms with E-state index < -0.39 is 11.6 Å². The SMILES string of the molecule is Cn1c(CCl)nc2ccc(F)c(F)c21. The maximum Gasteiger partial charge on any atom is 0.184 e. The van der Waals surface area contributed by atoms with Crippen LogP contribution in [0.25, 0.3) is 11.0 Å². The van der Waals surface area contributed by atoms with E-state index in [0.717, 1.165) is 6.07 Å². The first-order valence-corrected chi connectivity index (χ1v) is 4.54. The Labute approximate surface area is 84.1 Å². The molecule has 0 atom stereocenters. The molecule has 0 bridgehead atoms. The van der Waals surface area contributed by atoms with E-state index in [1.807, 2.05) is 0 Å². The fourth-order valence-corrected chi connectivity index (χ4v) is 1.64. The highest BCUT2D eigenvalue weighted by Gasteiger charge is 2.14. The van der Waals surface area contributed by atoms with Crippen molar-refractivity contribution in [1.29, 1.82) is 0 Å². The van der Waals surface area contributed by atoms with Crippen LogP contribution in [-0.2, 0) is 12.9 Å². The zero-order valence-corrected chi connectivity index (χ0v) is 8.15. The summed E-state index contributed by atoms with van der Waals surface area (Å²) in [5, 5.41) is 0. The lowest BCUT2D eigenvalue weighted by Crippen LogP contribution is -1.96. The zero-order chi connectivity index (χ0) is 10.3. The summed E-state index contributed by atoms with van der Waals surface area (Å²) in [6.45, 7) is 0. The molecule has 1 heterocycles. The van der Waals surface area contributed by atoms with Crippen molar-refractivity contribution in [3.05, 3.63) is 29.6 Å². The van der Waals surface area contributed by atoms with Crippen molar-refractivity contribution in [1.82, 2.24) is 9.55 Å². The van der Waals surface area contributed by atoms with E-state index in [4.69, 9.17) is 11.6 Å². The molecule has 1 aromatic carbocycles. The molecule has 0 saturated heterocycles. The monoisotopic (exact) mass is 216 g/mol. The van der Waals surface area contributed by atoms with Crippen LogP contribution in [0.4, 0.5) is 8.78 Å². The summed E-state index contributed by atoms with van der Waals surface area (Å²) in [7, 11) is 1.61. The first-order valence-electron chi connectivity index (χ1n) is 4.00. The van der Waals surface area contributed by atoms with Crippen LogP contribution in [0.3, 0.4) is 0 Å². The molecular formula is C9H7ClF2N2. The van der Waals surface area contributed by atoms with Crippen LogP contribution in [-0.4, -0.2) is 9.55 Å². The molecule has 0 N–H and O–H groups in total. The highest BCUT2D eigenvalue weighted by molar-refractivity contribution is 6.16. The molecule has 5 heteroatoms. The number of rotatable bonds is 1. The number of aromatic nitrogens is 2. The second-order valence-electron chi connectivity index (χ2n) is 2.95. The summed E-state index contributed by atoms with van der Waals surface area (Å²) < 4.78 is 27.7. The van der Waals surface area contributed by atoms with Crippen molar-refractivity contribution < 1.29 is 8.78 Å². The van der Waals surface area contributed by atoms with Crippen molar-refractivity contribution >= 4 is 22.6 Å². The summed E-state index contributed by atoms with van der Waals surface area (Å²) in [6.07, 6.45) is 0. The normalized spacial score (nSPS) is 11.1. The lowest BCUT2D eigenvalue weighted by molar-refractivity contribution is 0.513. The van der Waals surface area contributed by atoms with Gasteiger partial charge in [-0.1, -0.05) is 0 Å². The molecule has 74 valence electrons. The third kappa shape index (κ3) is 1.18. The minimum atomic E-state index is -0.881. The lowest BCUT2D eigenvalue weighted by atomic mass is 10.3. The molecule has 0 unspecified atom stereocenters. The molecule has 2 rings (SSSR count). The minimum absolute atomic E-state index is 0.153. The Bertz CT molecular complexity index is 493. The van der Waals surface area contributed by atoms with Gasteiger partial charge in [0.15, 0.2) is 11.6 Å². The van der Waals surface area contributed by atoms with Gasteiger partial charge in [0.25, 0.3) is 0 Å². The van der Waals surface area contributed by atoms with Crippen molar-refractivity contribution in [2.75, 3.05) is 0 Å². The fourth-order valence-electron chi connectivity index (χ4n) is 1.40. The molecule has 2 aromatic rings. The number of nitrogens with zero attached hydrogens (tertiary/aromatic N) is 2. The number of benzene rings is 1. The number of hydrogen-bond acceptors (Lipinski definition) is 1. The molecule has 0 saturated carbocycles. The summed E-state index contributed by atoms with van der Waals surface area (Å²) >= 11 is 5.60. The number of fused-ring (bicyclic) bond motifs is 1. The molecule has 2 nitrogen and oxygen atoms in total. The van der Waals surface area contributed by atoms with Crippen LogP contribution in [0.5, 0.6) is 0 Å². The van der Waals surface area contributed by atoms with E-state index in [9.17, 15) is 8.78 Å². The molecule has 0 aliphatic rings. The molecule has 14 heavy (non-hydrogen) atoms. The Morgan fingerprint density at radius 1 is 1.43 bits per heavy atom. The van der Waals surface area contributed by atoms with E-state index >= 15 is 0 Å². The van der Waals surface area contributed by atoms with Crippen molar-refractivity contribution in [2.24, 2.45) is 7.05 Å². The average Bonchev–Trinajstić information content (AvgIpc) is 2.50. The minimum Gasteiger partial charge on any atom is -0.328 e. The van der Waals surface area contributed by atoms with Gasteiger partial charge < -0.3 is 4.57 Å². The summed E-state index contributed by atoms with van der Waals surface area (Å²) in [5.41, 5.74) is 0.572. The summed E-state index contributed by atoms with van der Waals surface area (Å²) in [6, 6.07) is 2.49. The predicted octanol–water partition coefficient (Wildman–Crippen LogP) is 2.59. The van der Waals surface area contributed by atoms with Gasteiger partial charge in [-0.2, -0.15) is 0 Å². The van der Waals surface area contributed by atoms with Crippen LogP contribution < -0.4 is 0 Å². The zero-order valence-electron chi connectivity index (χ0n) is 7.39. The van der Waals surface area contributed by atoms with Gasteiger partial charge in [-0.3, -0.25) is 0 Å². The van der Waals surface area contributed by atoms with Gasteiger partial charge in [0.1, 0.15) is 11.3 Å². The number of aryl methyl sites for hydroxylation is 1. The largest absolute Gasteiger partial charge is 0.328 e. The molecule has 0 aliphatic carbocycles. The Morgan fingerprint density at radius 3 is 2.79 bits per heavy atom. The smallest absolute Gasteiger partial charge is 0.184 e. The Morgan fingerprint density at radius 2 is 2.14 bits per heavy atom. The Kier molecular flexibility index (Phi) is 2.15. The number of hydrogen-bond donors (Lipinski definition) is 0. The van der Waals surface area contributed by atoms with Gasteiger partial charge in [0, 0.05) is 7.05 Å². The Hall–Kier alpha value is -1.16. The van der Waals surface area contributed by atoms with Crippen LogP contribution in [0.2, 0.25) is 0 Å². The van der Waals surface area contributed by atoms with Gasteiger partial charge in [-0.05, 0) is 12.1 Å². The van der Waals surface area contributed by atoms with Crippen LogP contribution in [0.15, 0.2) is 12.1 Å². The van der Waals surface area contributed by atoms with E-state index in [2.05, 4.69) is 4.98 Å². The van der Waals surface area contributed by atoms with Crippen LogP contribution in [0, 0.1) is 11.6 Å². The first kappa shape index (κ1) is 9.40. The fraction of sp³-hybridized carbons (Fsp3) is 0.222. The molecule has 0 spiro atoms. The van der Waals surface area contributed by atoms with Gasteiger partial charge in [-0.25, -0.2) is 13.8 Å². The predicted molar refractivity (Wildman–Crippen MR) is 50.2 cm³/mol. The summed E-state index contributed by atoms with van der Waals surface area (Å²) in [5.74, 6) is -1.06. The maximum atomic E-state index is 13.3. The highest BCUT2D eigenvalue weighted by Crippen LogP contribution is 2.21. The highest BCUT2D eigenvalue weighted by atomic mass is 35.5. The van der Waals surface area contributed by atoms with Crippen LogP contribution >= 0.6 is 11.6 Å². The van der Waals surface area contributed by atoms with Crippen molar-refractivity contribution in [3.63, 3.8) is 0 Å². The molecule has 0 aliphatic heterocycles. The standard InChI is InChI=1S/C9H7ClF2N2/c1-14-7(4-10)13-6-3-2-5(11)8(12)9(6)14/h2-3H,4H2,1H3. The number of imidazole rings is 1. The topological polar surface area (TPSA) is 17.8 Å². The van der Waals surface area contributed by atoms with Crippen LogP contribution in [0.1, 0.15) is 5.82 Å². The molecule has 0 fully saturated rings. The van der Waals surface area contributed by atoms with Crippen molar-refractivity contribution in [2.45, 2.75) is 5.88 Å². The van der Waals surface area contributed by atoms with Gasteiger partial charge in [0.05, 0.1) is 11.4 Å². The average molecular weight is 217 g/mol. The van der Waals surface area contributed by atoms with Crippen molar-refractivity contribution in [3.8, 4) is 0 Å². The lowest BCUT2D eigenvalue weighted by Gasteiger charge is -1.99. The number of alkyl halides is 1. The molecular weight excluding hydrogens is 210 g/mol. The summed E-state index contributed by atoms with van der Waals surface area (Å²) in [4.78, 5) is 4.06. The molecule has 0 radical (unpaired) electrons. The second-order valence-corrected chi connectivity index (χ2v) is 3.22.